The average molecular weight is 390 g/mol. The Balaban J connectivity index is 2.03. The van der Waals surface area contributed by atoms with Gasteiger partial charge in [-0.1, -0.05) is 17.7 Å². The molecule has 0 saturated heterocycles. The third kappa shape index (κ3) is 6.08. The zero-order chi connectivity index (χ0) is 20.0. The number of nitrogens with zero attached hydrogens (tertiary/aromatic N) is 1. The van der Waals surface area contributed by atoms with Crippen molar-refractivity contribution in [2.24, 2.45) is 0 Å². The molecule has 2 aromatic carbocycles. The maximum absolute atomic E-state index is 12.6. The van der Waals surface area contributed by atoms with Crippen LogP contribution in [0.4, 0.5) is 5.69 Å². The first-order valence-corrected chi connectivity index (χ1v) is 10.3. The zero-order valence-corrected chi connectivity index (χ0v) is 17.1. The molecule has 146 valence electrons. The first-order chi connectivity index (χ1) is 12.7. The smallest absolute Gasteiger partial charge is 0.261 e. The van der Waals surface area contributed by atoms with E-state index in [2.05, 4.69) is 14.9 Å². The van der Waals surface area contributed by atoms with Gasteiger partial charge in [-0.15, -0.1) is 0 Å². The van der Waals surface area contributed by atoms with Crippen molar-refractivity contribution in [1.82, 2.24) is 10.2 Å². The average Bonchev–Trinajstić information content (AvgIpc) is 2.61. The van der Waals surface area contributed by atoms with Crippen molar-refractivity contribution in [2.75, 3.05) is 31.9 Å². The lowest BCUT2D eigenvalue weighted by Crippen LogP contribution is -2.27. The Bertz CT molecular complexity index is 891. The number of hydrogen-bond acceptors (Lipinski definition) is 4. The van der Waals surface area contributed by atoms with Gasteiger partial charge in [0.25, 0.3) is 15.9 Å². The van der Waals surface area contributed by atoms with E-state index in [-0.39, 0.29) is 10.8 Å². The molecule has 0 atom stereocenters. The van der Waals surface area contributed by atoms with Gasteiger partial charge in [0, 0.05) is 12.1 Å². The lowest BCUT2D eigenvalue weighted by atomic mass is 10.1. The van der Waals surface area contributed by atoms with E-state index in [1.807, 2.05) is 40.1 Å². The molecule has 0 aliphatic carbocycles. The first-order valence-electron chi connectivity index (χ1n) is 8.82. The Morgan fingerprint density at radius 1 is 1.04 bits per heavy atom. The van der Waals surface area contributed by atoms with Gasteiger partial charge in [-0.3, -0.25) is 9.52 Å². The summed E-state index contributed by atoms with van der Waals surface area (Å²) in [6.45, 7) is 5.27. The number of benzene rings is 2. The SMILES string of the molecule is Cc1ccc(NS(=O)(=O)c2ccc(C(=O)NCCCN(C)C)cc2)c(C)c1. The molecule has 27 heavy (non-hydrogen) atoms. The van der Waals surface area contributed by atoms with E-state index in [0.29, 0.717) is 17.8 Å². The maximum Gasteiger partial charge on any atom is 0.261 e. The van der Waals surface area contributed by atoms with Gasteiger partial charge in [-0.2, -0.15) is 0 Å². The van der Waals surface area contributed by atoms with Crippen molar-refractivity contribution in [2.45, 2.75) is 25.2 Å². The number of hydrogen-bond donors (Lipinski definition) is 2. The molecule has 1 amide bonds. The molecule has 0 aliphatic rings. The van der Waals surface area contributed by atoms with Crippen molar-refractivity contribution in [3.63, 3.8) is 0 Å². The van der Waals surface area contributed by atoms with Crippen molar-refractivity contribution < 1.29 is 13.2 Å². The number of sulfonamides is 1. The predicted octanol–water partition coefficient (Wildman–Crippen LogP) is 2.79. The predicted molar refractivity (Wildman–Crippen MR) is 109 cm³/mol. The second-order valence-corrected chi connectivity index (χ2v) is 8.54. The molecule has 0 heterocycles. The maximum atomic E-state index is 12.6. The molecule has 2 N–H and O–H groups in total. The molecule has 0 aliphatic heterocycles. The van der Waals surface area contributed by atoms with Gasteiger partial charge in [0.05, 0.1) is 10.6 Å². The molecular weight excluding hydrogens is 362 g/mol. The topological polar surface area (TPSA) is 78.5 Å². The number of amides is 1. The van der Waals surface area contributed by atoms with Crippen LogP contribution in [0.5, 0.6) is 0 Å². The summed E-state index contributed by atoms with van der Waals surface area (Å²) in [5.41, 5.74) is 2.90. The van der Waals surface area contributed by atoms with Gasteiger partial charge in [0.15, 0.2) is 0 Å². The third-order valence-corrected chi connectivity index (χ3v) is 5.50. The van der Waals surface area contributed by atoms with Gasteiger partial charge in [0.2, 0.25) is 0 Å². The van der Waals surface area contributed by atoms with Crippen LogP contribution in [0, 0.1) is 13.8 Å². The molecule has 7 heteroatoms. The molecular formula is C20H27N3O3S. The molecule has 0 aromatic heterocycles. The van der Waals surface area contributed by atoms with Crippen molar-refractivity contribution in [1.29, 1.82) is 0 Å². The van der Waals surface area contributed by atoms with Crippen molar-refractivity contribution >= 4 is 21.6 Å². The van der Waals surface area contributed by atoms with Crippen LogP contribution >= 0.6 is 0 Å². The highest BCUT2D eigenvalue weighted by Crippen LogP contribution is 2.21. The number of aryl methyl sites for hydroxylation is 2. The van der Waals surface area contributed by atoms with E-state index in [9.17, 15) is 13.2 Å². The standard InChI is InChI=1S/C20H27N3O3S/c1-15-6-11-19(16(2)14-15)22-27(25,26)18-9-7-17(8-10-18)20(24)21-12-5-13-23(3)4/h6-11,14,22H,5,12-13H2,1-4H3,(H,21,24). The van der Waals surface area contributed by atoms with Crippen LogP contribution < -0.4 is 10.0 Å². The minimum atomic E-state index is -3.71. The Morgan fingerprint density at radius 3 is 2.30 bits per heavy atom. The minimum Gasteiger partial charge on any atom is -0.352 e. The zero-order valence-electron chi connectivity index (χ0n) is 16.2. The Kier molecular flexibility index (Phi) is 6.98. The van der Waals surface area contributed by atoms with Crippen LogP contribution in [0.3, 0.4) is 0 Å². The summed E-state index contributed by atoms with van der Waals surface area (Å²) in [6.07, 6.45) is 0.852. The number of rotatable bonds is 8. The van der Waals surface area contributed by atoms with Crippen LogP contribution in [0.1, 0.15) is 27.9 Å². The lowest BCUT2D eigenvalue weighted by Gasteiger charge is -2.12. The largest absolute Gasteiger partial charge is 0.352 e. The second kappa shape index (κ2) is 9.01. The highest BCUT2D eigenvalue weighted by atomic mass is 32.2. The molecule has 0 spiro atoms. The van der Waals surface area contributed by atoms with E-state index in [1.54, 1.807) is 6.07 Å². The van der Waals surface area contributed by atoms with Crippen molar-refractivity contribution in [3.05, 3.63) is 59.2 Å². The second-order valence-electron chi connectivity index (χ2n) is 6.86. The van der Waals surface area contributed by atoms with Crippen LogP contribution in [0.15, 0.2) is 47.4 Å². The quantitative estimate of drug-likeness (QED) is 0.681. The summed E-state index contributed by atoms with van der Waals surface area (Å²) in [5, 5.41) is 2.83. The number of carbonyl (C=O) groups is 1. The van der Waals surface area contributed by atoms with E-state index in [4.69, 9.17) is 0 Å². The van der Waals surface area contributed by atoms with E-state index in [1.165, 1.54) is 24.3 Å². The van der Waals surface area contributed by atoms with E-state index < -0.39 is 10.0 Å². The summed E-state index contributed by atoms with van der Waals surface area (Å²) in [5.74, 6) is -0.208. The number of anilines is 1. The summed E-state index contributed by atoms with van der Waals surface area (Å²) in [4.78, 5) is 14.3. The number of carbonyl (C=O) groups excluding carboxylic acids is 1. The van der Waals surface area contributed by atoms with Gasteiger partial charge >= 0.3 is 0 Å². The Hall–Kier alpha value is -2.38. The van der Waals surface area contributed by atoms with Gasteiger partial charge in [-0.25, -0.2) is 8.42 Å². The molecule has 0 bridgehead atoms. The third-order valence-electron chi connectivity index (χ3n) is 4.12. The fraction of sp³-hybridized carbons (Fsp3) is 0.350. The van der Waals surface area contributed by atoms with E-state index in [0.717, 1.165) is 24.1 Å². The highest BCUT2D eigenvalue weighted by molar-refractivity contribution is 7.92. The van der Waals surface area contributed by atoms with Gasteiger partial charge in [-0.05, 0) is 76.8 Å². The molecule has 2 aromatic rings. The minimum absolute atomic E-state index is 0.117. The van der Waals surface area contributed by atoms with Gasteiger partial charge < -0.3 is 10.2 Å². The molecule has 0 fully saturated rings. The molecule has 2 rings (SSSR count). The summed E-state index contributed by atoms with van der Waals surface area (Å²) in [6, 6.07) is 11.5. The summed E-state index contributed by atoms with van der Waals surface area (Å²) < 4.78 is 27.8. The first kappa shape index (κ1) is 20.9. The van der Waals surface area contributed by atoms with Crippen LogP contribution in [0.2, 0.25) is 0 Å². The summed E-state index contributed by atoms with van der Waals surface area (Å²) in [7, 11) is 0.250. The van der Waals surface area contributed by atoms with E-state index >= 15 is 0 Å². The fourth-order valence-corrected chi connectivity index (χ4v) is 3.75. The summed E-state index contributed by atoms with van der Waals surface area (Å²) >= 11 is 0. The fourth-order valence-electron chi connectivity index (χ4n) is 2.62. The Morgan fingerprint density at radius 2 is 1.70 bits per heavy atom. The van der Waals surface area contributed by atoms with Crippen LogP contribution in [0.25, 0.3) is 0 Å². The molecule has 0 radical (unpaired) electrons. The Labute approximate surface area is 161 Å². The van der Waals surface area contributed by atoms with Gasteiger partial charge in [0.1, 0.15) is 0 Å². The number of nitrogens with one attached hydrogen (secondary N) is 2. The molecule has 0 unspecified atom stereocenters. The molecule has 0 saturated carbocycles. The normalized spacial score (nSPS) is 11.4. The van der Waals surface area contributed by atoms with Crippen LogP contribution in [-0.2, 0) is 10.0 Å². The van der Waals surface area contributed by atoms with Crippen LogP contribution in [-0.4, -0.2) is 46.4 Å². The lowest BCUT2D eigenvalue weighted by molar-refractivity contribution is 0.0952. The molecule has 6 nitrogen and oxygen atoms in total. The van der Waals surface area contributed by atoms with Crippen molar-refractivity contribution in [3.8, 4) is 0 Å². The monoisotopic (exact) mass is 389 g/mol. The highest BCUT2D eigenvalue weighted by Gasteiger charge is 2.16.